The molecule has 2 saturated heterocycles. The van der Waals surface area contributed by atoms with Gasteiger partial charge in [0.2, 0.25) is 20.0 Å². The Morgan fingerprint density at radius 1 is 1.05 bits per heavy atom. The van der Waals surface area contributed by atoms with Gasteiger partial charge in [0.25, 0.3) is 0 Å². The summed E-state index contributed by atoms with van der Waals surface area (Å²) in [6, 6.07) is 0. The molecular formula is C10H24N4O5S2. The molecule has 0 aliphatic carbocycles. The zero-order valence-corrected chi connectivity index (χ0v) is 13.7. The molecule has 2 fully saturated rings. The van der Waals surface area contributed by atoms with Gasteiger partial charge in [-0.3, -0.25) is 0 Å². The van der Waals surface area contributed by atoms with Gasteiger partial charge in [0.05, 0.1) is 10.5 Å². The number of carbonyl (C=O) groups excluding carboxylic acids is 1. The second-order valence-corrected chi connectivity index (χ2v) is 8.66. The van der Waals surface area contributed by atoms with Crippen molar-refractivity contribution in [2.24, 2.45) is 10.3 Å². The van der Waals surface area contributed by atoms with E-state index in [1.807, 2.05) is 18.7 Å². The van der Waals surface area contributed by atoms with Crippen molar-refractivity contribution < 1.29 is 21.6 Å². The topological polar surface area (TPSA) is 153 Å². The van der Waals surface area contributed by atoms with E-state index in [-0.39, 0.29) is 10.5 Å². The lowest BCUT2D eigenvalue weighted by Gasteiger charge is -2.06. The molecule has 0 amide bonds. The minimum Gasteiger partial charge on any atom is -0.315 e. The Morgan fingerprint density at radius 2 is 1.57 bits per heavy atom. The normalized spacial score (nSPS) is 26.4. The van der Waals surface area contributed by atoms with E-state index in [9.17, 15) is 16.8 Å². The lowest BCUT2D eigenvalue weighted by atomic mass is 10.4. The monoisotopic (exact) mass is 344 g/mol. The van der Waals surface area contributed by atoms with Gasteiger partial charge in [0.15, 0.2) is 0 Å². The van der Waals surface area contributed by atoms with Crippen LogP contribution in [0.1, 0.15) is 12.8 Å². The van der Waals surface area contributed by atoms with Crippen molar-refractivity contribution in [3.05, 3.63) is 0 Å². The molecule has 5 N–H and O–H groups in total. The van der Waals surface area contributed by atoms with Crippen molar-refractivity contribution in [3.63, 3.8) is 0 Å². The molecule has 0 radical (unpaired) electrons. The zero-order valence-electron chi connectivity index (χ0n) is 12.1. The van der Waals surface area contributed by atoms with Crippen molar-refractivity contribution in [3.8, 4) is 0 Å². The molecule has 21 heavy (non-hydrogen) atoms. The van der Waals surface area contributed by atoms with E-state index in [1.54, 1.807) is 0 Å². The van der Waals surface area contributed by atoms with Crippen LogP contribution in [0.5, 0.6) is 0 Å². The molecule has 2 heterocycles. The number of carbonyl (C=O) groups is 1. The molecule has 2 unspecified atom stereocenters. The Labute approximate surface area is 126 Å². The van der Waals surface area contributed by atoms with E-state index < -0.39 is 20.0 Å². The maximum atomic E-state index is 10.7. The molecule has 0 spiro atoms. The fourth-order valence-electron chi connectivity index (χ4n) is 2.07. The first-order valence-corrected chi connectivity index (χ1v) is 9.54. The van der Waals surface area contributed by atoms with E-state index in [2.05, 4.69) is 5.32 Å². The van der Waals surface area contributed by atoms with Crippen molar-refractivity contribution in [1.82, 2.24) is 10.2 Å². The SMILES string of the molecule is C=O.CN1CCC(S(N)(=O)=O)C1.NS(=O)(=O)C1CCNC1. The van der Waals surface area contributed by atoms with Crippen LogP contribution >= 0.6 is 0 Å². The van der Waals surface area contributed by atoms with E-state index in [0.717, 1.165) is 13.1 Å². The predicted molar refractivity (Wildman–Crippen MR) is 80.5 cm³/mol. The van der Waals surface area contributed by atoms with Crippen LogP contribution in [0.25, 0.3) is 0 Å². The van der Waals surface area contributed by atoms with Crippen molar-refractivity contribution >= 4 is 26.8 Å². The molecule has 0 aromatic rings. The van der Waals surface area contributed by atoms with Gasteiger partial charge in [0, 0.05) is 13.1 Å². The Kier molecular flexibility index (Phi) is 8.51. The second-order valence-electron chi connectivity index (χ2n) is 4.97. The van der Waals surface area contributed by atoms with Gasteiger partial charge in [-0.05, 0) is 33.0 Å². The molecular weight excluding hydrogens is 320 g/mol. The van der Waals surface area contributed by atoms with Crippen LogP contribution in [0, 0.1) is 0 Å². The third-order valence-electron chi connectivity index (χ3n) is 3.29. The summed E-state index contributed by atoms with van der Waals surface area (Å²) < 4.78 is 42.6. The summed E-state index contributed by atoms with van der Waals surface area (Å²) in [5.74, 6) is 0. The first kappa shape index (κ1) is 20.4. The van der Waals surface area contributed by atoms with Crippen LogP contribution in [-0.2, 0) is 24.8 Å². The minimum absolute atomic E-state index is 0.336. The zero-order chi connectivity index (χ0) is 16.7. The molecule has 0 bridgehead atoms. The number of hydrogen-bond donors (Lipinski definition) is 3. The Bertz CT molecular complexity index is 502. The van der Waals surface area contributed by atoms with Crippen LogP contribution in [0.4, 0.5) is 0 Å². The fraction of sp³-hybridized carbons (Fsp3) is 0.900. The molecule has 0 saturated carbocycles. The first-order valence-electron chi connectivity index (χ1n) is 6.32. The summed E-state index contributed by atoms with van der Waals surface area (Å²) in [5, 5.41) is 12.1. The predicted octanol–water partition coefficient (Wildman–Crippen LogP) is -2.57. The highest BCUT2D eigenvalue weighted by Crippen LogP contribution is 2.11. The number of nitrogens with zero attached hydrogens (tertiary/aromatic N) is 1. The van der Waals surface area contributed by atoms with Gasteiger partial charge in [0.1, 0.15) is 6.79 Å². The molecule has 0 aromatic heterocycles. The quantitative estimate of drug-likeness (QED) is 0.497. The Balaban J connectivity index is 0.000000342. The number of rotatable bonds is 2. The van der Waals surface area contributed by atoms with E-state index >= 15 is 0 Å². The van der Waals surface area contributed by atoms with E-state index in [1.165, 1.54) is 0 Å². The number of likely N-dealkylation sites (tertiary alicyclic amines) is 1. The van der Waals surface area contributed by atoms with Crippen LogP contribution < -0.4 is 15.6 Å². The second kappa shape index (κ2) is 8.76. The van der Waals surface area contributed by atoms with Gasteiger partial charge in [-0.2, -0.15) is 0 Å². The van der Waals surface area contributed by atoms with Crippen LogP contribution in [0.2, 0.25) is 0 Å². The number of primary sulfonamides is 2. The lowest BCUT2D eigenvalue weighted by molar-refractivity contribution is -0.0980. The molecule has 2 aliphatic heterocycles. The summed E-state index contributed by atoms with van der Waals surface area (Å²) in [6.45, 7) is 4.69. The number of sulfonamides is 2. The van der Waals surface area contributed by atoms with Crippen LogP contribution in [0.15, 0.2) is 0 Å². The summed E-state index contributed by atoms with van der Waals surface area (Å²) in [4.78, 5) is 9.97. The summed E-state index contributed by atoms with van der Waals surface area (Å²) in [7, 11) is -4.65. The van der Waals surface area contributed by atoms with Crippen LogP contribution in [-0.4, -0.2) is 72.3 Å². The fourth-order valence-corrected chi connectivity index (χ4v) is 3.76. The van der Waals surface area contributed by atoms with Gasteiger partial charge in [-0.15, -0.1) is 0 Å². The first-order chi connectivity index (χ1) is 9.60. The average Bonchev–Trinajstić information content (AvgIpc) is 3.00. The highest BCUT2D eigenvalue weighted by atomic mass is 32.2. The molecule has 0 aromatic carbocycles. The van der Waals surface area contributed by atoms with Crippen molar-refractivity contribution in [2.75, 3.05) is 33.2 Å². The van der Waals surface area contributed by atoms with Gasteiger partial charge >= 0.3 is 0 Å². The minimum atomic E-state index is -3.28. The summed E-state index contributed by atoms with van der Waals surface area (Å²) in [5.41, 5.74) is 0. The third kappa shape index (κ3) is 7.83. The molecule has 11 heteroatoms. The van der Waals surface area contributed by atoms with E-state index in [4.69, 9.17) is 15.1 Å². The Morgan fingerprint density at radius 3 is 1.76 bits per heavy atom. The molecule has 2 rings (SSSR count). The molecule has 9 nitrogen and oxygen atoms in total. The Hall–Kier alpha value is -0.590. The summed E-state index contributed by atoms with van der Waals surface area (Å²) in [6.07, 6.45) is 1.33. The number of nitrogens with one attached hydrogen (secondary N) is 1. The lowest BCUT2D eigenvalue weighted by Crippen LogP contribution is -2.30. The molecule has 2 atom stereocenters. The van der Waals surface area contributed by atoms with E-state index in [0.29, 0.717) is 25.9 Å². The number of hydrogen-bond acceptors (Lipinski definition) is 7. The molecule has 126 valence electrons. The van der Waals surface area contributed by atoms with Gasteiger partial charge in [-0.1, -0.05) is 0 Å². The largest absolute Gasteiger partial charge is 0.315 e. The molecule has 2 aliphatic rings. The van der Waals surface area contributed by atoms with Crippen molar-refractivity contribution in [1.29, 1.82) is 0 Å². The number of nitrogens with two attached hydrogens (primary N) is 2. The maximum Gasteiger partial charge on any atom is 0.213 e. The smallest absolute Gasteiger partial charge is 0.213 e. The highest BCUT2D eigenvalue weighted by Gasteiger charge is 2.28. The van der Waals surface area contributed by atoms with Gasteiger partial charge in [-0.25, -0.2) is 27.1 Å². The standard InChI is InChI=1S/C5H12N2O2S.C4H10N2O2S.CH2O/c1-7-3-2-5(4-7)10(6,8)9;5-9(7,8)4-1-2-6-3-4;1-2/h5H,2-4H2,1H3,(H2,6,8,9);4,6H,1-3H2,(H2,5,7,8);1H2. The highest BCUT2D eigenvalue weighted by molar-refractivity contribution is 7.90. The van der Waals surface area contributed by atoms with Crippen LogP contribution in [0.3, 0.4) is 0 Å². The summed E-state index contributed by atoms with van der Waals surface area (Å²) >= 11 is 0. The average molecular weight is 344 g/mol. The third-order valence-corrected chi connectivity index (χ3v) is 5.94. The maximum absolute atomic E-state index is 10.7. The van der Waals surface area contributed by atoms with Gasteiger partial charge < -0.3 is 15.0 Å². The van der Waals surface area contributed by atoms with Crippen molar-refractivity contribution in [2.45, 2.75) is 23.3 Å².